The van der Waals surface area contributed by atoms with E-state index < -0.39 is 46.5 Å². The van der Waals surface area contributed by atoms with Gasteiger partial charge in [0.2, 0.25) is 17.7 Å². The van der Waals surface area contributed by atoms with Crippen molar-refractivity contribution >= 4 is 76.1 Å². The highest BCUT2D eigenvalue weighted by atomic mass is 35.5. The minimum absolute atomic E-state index is 0. The average molecular weight is 859 g/mol. The number of hydrogen-bond donors (Lipinski definition) is 3. The van der Waals surface area contributed by atoms with Gasteiger partial charge in [0.1, 0.15) is 29.8 Å². The molecule has 3 aliphatic rings. The van der Waals surface area contributed by atoms with Gasteiger partial charge in [0, 0.05) is 50.5 Å². The smallest absolute Gasteiger partial charge is 0.417 e. The molecule has 19 heteroatoms. The maximum atomic E-state index is 14.6. The number of benzene rings is 3. The van der Waals surface area contributed by atoms with Crippen LogP contribution in [0.5, 0.6) is 5.75 Å². The van der Waals surface area contributed by atoms with Crippen molar-refractivity contribution in [2.45, 2.75) is 57.8 Å². The Balaban J connectivity index is 0.00000661. The molecule has 0 spiro atoms. The highest BCUT2D eigenvalue weighted by molar-refractivity contribution is 7.81. The van der Waals surface area contributed by atoms with Crippen molar-refractivity contribution in [1.29, 1.82) is 5.26 Å². The van der Waals surface area contributed by atoms with Gasteiger partial charge in [-0.05, 0) is 99.1 Å². The molecule has 0 aliphatic carbocycles. The molecule has 13 nitrogen and oxygen atoms in total. The van der Waals surface area contributed by atoms with Gasteiger partial charge in [-0.1, -0.05) is 6.92 Å². The molecule has 3 aliphatic heterocycles. The van der Waals surface area contributed by atoms with Crippen LogP contribution in [0.3, 0.4) is 0 Å². The Hall–Kier alpha value is -5.35. The Morgan fingerprint density at radius 1 is 1.02 bits per heavy atom. The van der Waals surface area contributed by atoms with Crippen molar-refractivity contribution in [2.24, 2.45) is 0 Å². The molecule has 59 heavy (non-hydrogen) atoms. The summed E-state index contributed by atoms with van der Waals surface area (Å²) in [6.07, 6.45) is -3.73. The zero-order chi connectivity index (χ0) is 41.9. The number of halogens is 5. The third-order valence-electron chi connectivity index (χ3n) is 10.4. The van der Waals surface area contributed by atoms with Crippen LogP contribution in [0.4, 0.5) is 40.3 Å². The standard InChI is InChI=1S/C40H42F4N8O5S.ClH/c1-4-24-19-28(52-38(58)51(37(56)39(52,2)3)27-7-5-25(22-45)29(21-27)40(42,43)44)8-11-33(24)57-18-17-49-13-15-50(16-14-49)23-35(54)47-32-20-26(6-9-30(32)41)46-31-10-12-34(53)48-36(31)55;/h5-9,11,19-21,31,46H,4,10,12-18,23H2,1-3H3,(H,47,54)(H,48,53,55);1H. The summed E-state index contributed by atoms with van der Waals surface area (Å²) in [5.74, 6) is -1.69. The summed E-state index contributed by atoms with van der Waals surface area (Å²) in [5, 5.41) is 17.1. The molecule has 3 N–H and O–H groups in total. The van der Waals surface area contributed by atoms with Crippen LogP contribution >= 0.6 is 24.6 Å². The largest absolute Gasteiger partial charge is 0.492 e. The maximum Gasteiger partial charge on any atom is 0.417 e. The number of ether oxygens (including phenoxy) is 1. The lowest BCUT2D eigenvalue weighted by atomic mass is 10.0. The number of thiocarbonyl (C=S) groups is 1. The third-order valence-corrected chi connectivity index (χ3v) is 10.7. The van der Waals surface area contributed by atoms with E-state index in [4.69, 9.17) is 17.0 Å². The molecule has 0 aromatic heterocycles. The number of piperidine rings is 1. The summed E-state index contributed by atoms with van der Waals surface area (Å²) in [5.41, 5.74) is -1.22. The van der Waals surface area contributed by atoms with Crippen LogP contribution in [-0.2, 0) is 31.8 Å². The number of alkyl halides is 3. The number of carbonyl (C=O) groups excluding carboxylic acids is 4. The first-order valence-corrected chi connectivity index (χ1v) is 19.1. The van der Waals surface area contributed by atoms with Crippen molar-refractivity contribution in [2.75, 3.05) is 66.3 Å². The predicted octanol–water partition coefficient (Wildman–Crippen LogP) is 5.47. The van der Waals surface area contributed by atoms with Gasteiger partial charge in [-0.25, -0.2) is 4.39 Å². The lowest BCUT2D eigenvalue weighted by molar-refractivity contribution is -0.138. The number of anilines is 4. The van der Waals surface area contributed by atoms with Crippen molar-refractivity contribution in [1.82, 2.24) is 15.1 Å². The van der Waals surface area contributed by atoms with Gasteiger partial charge in [0.05, 0.1) is 35.1 Å². The van der Waals surface area contributed by atoms with E-state index in [2.05, 4.69) is 20.9 Å². The van der Waals surface area contributed by atoms with E-state index in [0.29, 0.717) is 69.3 Å². The molecule has 4 amide bonds. The molecule has 3 fully saturated rings. The van der Waals surface area contributed by atoms with Crippen LogP contribution in [0.2, 0.25) is 0 Å². The summed E-state index contributed by atoms with van der Waals surface area (Å²) in [4.78, 5) is 56.9. The van der Waals surface area contributed by atoms with Crippen molar-refractivity contribution in [3.8, 4) is 11.8 Å². The number of piperazine rings is 1. The lowest BCUT2D eigenvalue weighted by Gasteiger charge is -2.34. The van der Waals surface area contributed by atoms with E-state index in [1.54, 1.807) is 36.9 Å². The fourth-order valence-electron chi connectivity index (χ4n) is 7.17. The Labute approximate surface area is 350 Å². The number of amides is 4. The first-order chi connectivity index (χ1) is 27.5. The van der Waals surface area contributed by atoms with E-state index in [0.717, 1.165) is 22.6 Å². The second kappa shape index (κ2) is 18.3. The van der Waals surface area contributed by atoms with E-state index in [1.807, 2.05) is 17.9 Å². The number of nitrogens with one attached hydrogen (secondary N) is 3. The normalized spacial score (nSPS) is 18.6. The van der Waals surface area contributed by atoms with Gasteiger partial charge in [-0.15, -0.1) is 12.4 Å². The van der Waals surface area contributed by atoms with Crippen LogP contribution in [0, 0.1) is 17.1 Å². The summed E-state index contributed by atoms with van der Waals surface area (Å²) in [6.45, 7) is 8.82. The number of nitrogens with zero attached hydrogens (tertiary/aromatic N) is 5. The molecule has 3 saturated heterocycles. The molecule has 0 radical (unpaired) electrons. The van der Waals surface area contributed by atoms with Crippen LogP contribution in [-0.4, -0.2) is 96.0 Å². The number of aryl methyl sites for hydroxylation is 1. The summed E-state index contributed by atoms with van der Waals surface area (Å²) in [6, 6.07) is 13.4. The number of rotatable bonds is 12. The Morgan fingerprint density at radius 2 is 1.71 bits per heavy atom. The van der Waals surface area contributed by atoms with E-state index in [9.17, 15) is 42.0 Å². The zero-order valence-corrected chi connectivity index (χ0v) is 34.1. The molecule has 0 saturated carbocycles. The number of imide groups is 1. The van der Waals surface area contributed by atoms with Gasteiger partial charge in [-0.3, -0.25) is 39.2 Å². The lowest BCUT2D eigenvalue weighted by Crippen LogP contribution is -2.49. The van der Waals surface area contributed by atoms with Crippen molar-refractivity contribution < 1.29 is 41.5 Å². The second-order valence-electron chi connectivity index (χ2n) is 14.7. The van der Waals surface area contributed by atoms with Crippen LogP contribution in [0.1, 0.15) is 50.3 Å². The molecule has 3 heterocycles. The zero-order valence-electron chi connectivity index (χ0n) is 32.5. The van der Waals surface area contributed by atoms with E-state index >= 15 is 0 Å². The molecule has 3 aromatic carbocycles. The monoisotopic (exact) mass is 858 g/mol. The van der Waals surface area contributed by atoms with E-state index in [-0.39, 0.29) is 53.7 Å². The number of carbonyl (C=O) groups is 4. The summed E-state index contributed by atoms with van der Waals surface area (Å²) in [7, 11) is 0. The van der Waals surface area contributed by atoms with Crippen LogP contribution < -0.4 is 30.5 Å². The predicted molar refractivity (Wildman–Crippen MR) is 219 cm³/mol. The quantitative estimate of drug-likeness (QED) is 0.121. The van der Waals surface area contributed by atoms with Gasteiger partial charge in [0.25, 0.3) is 5.91 Å². The fraction of sp³-hybridized carbons (Fsp3) is 0.400. The molecular weight excluding hydrogens is 816 g/mol. The molecule has 6 rings (SSSR count). The summed E-state index contributed by atoms with van der Waals surface area (Å²) >= 11 is 5.69. The summed E-state index contributed by atoms with van der Waals surface area (Å²) < 4.78 is 62.0. The number of nitriles is 1. The molecule has 3 aromatic rings. The minimum atomic E-state index is -4.81. The molecule has 1 atom stereocenters. The molecule has 0 bridgehead atoms. The maximum absolute atomic E-state index is 14.6. The fourth-order valence-corrected chi connectivity index (χ4v) is 7.70. The minimum Gasteiger partial charge on any atom is -0.492 e. The first kappa shape index (κ1) is 44.7. The Bertz CT molecular complexity index is 2180. The molecular formula is C40H43ClF4N8O5S. The van der Waals surface area contributed by atoms with Gasteiger partial charge >= 0.3 is 6.18 Å². The second-order valence-corrected chi connectivity index (χ2v) is 15.0. The van der Waals surface area contributed by atoms with Crippen molar-refractivity contribution in [3.05, 3.63) is 77.1 Å². The average Bonchev–Trinajstić information content (AvgIpc) is 3.36. The SMILES string of the molecule is CCc1cc(N2C(=S)N(c3ccc(C#N)c(C(F)(F)F)c3)C(=O)C2(C)C)ccc1OCCN1CCN(CC(=O)Nc2cc(NC3CCC(=O)NC3=O)ccc2F)CC1.Cl. The Morgan fingerprint density at radius 3 is 2.37 bits per heavy atom. The topological polar surface area (TPSA) is 150 Å². The molecule has 314 valence electrons. The van der Waals surface area contributed by atoms with Crippen LogP contribution in [0.15, 0.2) is 54.6 Å². The van der Waals surface area contributed by atoms with Crippen molar-refractivity contribution in [3.63, 3.8) is 0 Å². The highest BCUT2D eigenvalue weighted by Gasteiger charge is 2.51. The molecule has 1 unspecified atom stereocenters. The van der Waals surface area contributed by atoms with Crippen LogP contribution in [0.25, 0.3) is 0 Å². The Kier molecular flexibility index (Phi) is 13.9. The number of hydrogen-bond acceptors (Lipinski definition) is 10. The first-order valence-electron chi connectivity index (χ1n) is 18.7. The van der Waals surface area contributed by atoms with Gasteiger partial charge in [-0.2, -0.15) is 18.4 Å². The van der Waals surface area contributed by atoms with Gasteiger partial charge in [0.15, 0.2) is 5.11 Å². The highest BCUT2D eigenvalue weighted by Crippen LogP contribution is 2.40. The van der Waals surface area contributed by atoms with E-state index in [1.165, 1.54) is 24.3 Å². The third kappa shape index (κ3) is 9.93. The van der Waals surface area contributed by atoms with Gasteiger partial charge < -0.3 is 20.3 Å².